The van der Waals surface area contributed by atoms with Crippen LogP contribution in [0.3, 0.4) is 0 Å². The highest BCUT2D eigenvalue weighted by Crippen LogP contribution is 2.12. The molecule has 0 atom stereocenters. The van der Waals surface area contributed by atoms with Crippen LogP contribution in [0.25, 0.3) is 0 Å². The molecule has 0 aliphatic heterocycles. The molecule has 0 unspecified atom stereocenters. The van der Waals surface area contributed by atoms with Crippen LogP contribution in [0.15, 0.2) is 45.6 Å². The maximum Gasteiger partial charge on any atom is 0.0395 e. The van der Waals surface area contributed by atoms with Crippen LogP contribution in [0.5, 0.6) is 0 Å². The third-order valence-corrected chi connectivity index (χ3v) is 2.36. The second-order valence-electron chi connectivity index (χ2n) is 3.63. The maximum atomic E-state index is 4.40. The van der Waals surface area contributed by atoms with Crippen molar-refractivity contribution < 1.29 is 0 Å². The molecule has 0 bridgehead atoms. The van der Waals surface area contributed by atoms with Crippen LogP contribution in [0.4, 0.5) is 0 Å². The molecule has 0 amide bonds. The molecule has 0 aromatic rings. The molecule has 0 N–H and O–H groups in total. The Morgan fingerprint density at radius 1 is 1.31 bits per heavy atom. The fraction of sp³-hybridized carbons (Fsp3) is 0.429. The Morgan fingerprint density at radius 3 is 2.31 bits per heavy atom. The molecule has 2 heteroatoms. The lowest BCUT2D eigenvalue weighted by Gasteiger charge is -2.03. The number of hydrogen-bond donors (Lipinski definition) is 0. The van der Waals surface area contributed by atoms with E-state index in [1.807, 2.05) is 39.3 Å². The Labute approximate surface area is 99.2 Å². The van der Waals surface area contributed by atoms with Crippen LogP contribution in [0.2, 0.25) is 0 Å². The number of aliphatic imine (C=N–C) groups is 2. The van der Waals surface area contributed by atoms with E-state index in [4.69, 9.17) is 0 Å². The van der Waals surface area contributed by atoms with Gasteiger partial charge in [0.15, 0.2) is 0 Å². The number of nitrogens with zero attached hydrogens (tertiary/aromatic N) is 2. The predicted molar refractivity (Wildman–Crippen MR) is 74.5 cm³/mol. The van der Waals surface area contributed by atoms with Crippen LogP contribution in [0.1, 0.15) is 34.1 Å². The summed E-state index contributed by atoms with van der Waals surface area (Å²) in [5.41, 5.74) is 4.28. The molecule has 0 aliphatic rings. The third-order valence-electron chi connectivity index (χ3n) is 2.36. The van der Waals surface area contributed by atoms with E-state index >= 15 is 0 Å². The van der Waals surface area contributed by atoms with Crippen molar-refractivity contribution in [2.45, 2.75) is 34.1 Å². The molecular weight excluding hydrogens is 196 g/mol. The van der Waals surface area contributed by atoms with E-state index in [-0.39, 0.29) is 0 Å². The molecule has 0 spiro atoms. The van der Waals surface area contributed by atoms with Crippen LogP contribution < -0.4 is 0 Å². The lowest BCUT2D eigenvalue weighted by Crippen LogP contribution is -1.93. The lowest BCUT2D eigenvalue weighted by atomic mass is 10.1. The summed E-state index contributed by atoms with van der Waals surface area (Å²) in [5, 5.41) is 0. The quantitative estimate of drug-likeness (QED) is 0.493. The van der Waals surface area contributed by atoms with E-state index in [1.54, 1.807) is 7.05 Å². The van der Waals surface area contributed by atoms with Crippen molar-refractivity contribution in [1.82, 2.24) is 0 Å². The molecule has 0 heterocycles. The van der Waals surface area contributed by atoms with Gasteiger partial charge in [-0.2, -0.15) is 0 Å². The third kappa shape index (κ3) is 4.87. The van der Waals surface area contributed by atoms with Crippen LogP contribution >= 0.6 is 0 Å². The Bertz CT molecular complexity index is 355. The Hall–Kier alpha value is -1.44. The summed E-state index contributed by atoms with van der Waals surface area (Å²) in [6, 6.07) is 0. The molecule has 0 fully saturated rings. The molecule has 16 heavy (non-hydrogen) atoms. The lowest BCUT2D eigenvalue weighted by molar-refractivity contribution is 1.12. The second kappa shape index (κ2) is 7.80. The molecule has 0 saturated heterocycles. The summed E-state index contributed by atoms with van der Waals surface area (Å²) >= 11 is 0. The van der Waals surface area contributed by atoms with Gasteiger partial charge >= 0.3 is 0 Å². The predicted octanol–water partition coefficient (Wildman–Crippen LogP) is 3.96. The van der Waals surface area contributed by atoms with Gasteiger partial charge in [0.2, 0.25) is 0 Å². The zero-order chi connectivity index (χ0) is 12.6. The van der Waals surface area contributed by atoms with Crippen molar-refractivity contribution >= 4 is 11.9 Å². The Kier molecular flexibility index (Phi) is 7.10. The number of hydrogen-bond acceptors (Lipinski definition) is 2. The van der Waals surface area contributed by atoms with E-state index < -0.39 is 0 Å². The van der Waals surface area contributed by atoms with Gasteiger partial charge in [0.1, 0.15) is 0 Å². The Balaban J connectivity index is 5.07. The van der Waals surface area contributed by atoms with Crippen molar-refractivity contribution in [2.75, 3.05) is 7.05 Å². The molecule has 0 aromatic heterocycles. The van der Waals surface area contributed by atoms with E-state index in [2.05, 4.69) is 23.5 Å². The SMILES string of the molecule is C=C(C)C(C)=N/C=C(CC)/C(C=NC)=C/C. The van der Waals surface area contributed by atoms with Crippen LogP contribution in [0, 0.1) is 0 Å². The molecule has 0 saturated carbocycles. The second-order valence-corrected chi connectivity index (χ2v) is 3.63. The van der Waals surface area contributed by atoms with Crippen molar-refractivity contribution in [3.05, 3.63) is 35.6 Å². The van der Waals surface area contributed by atoms with Crippen molar-refractivity contribution in [3.63, 3.8) is 0 Å². The fourth-order valence-electron chi connectivity index (χ4n) is 1.14. The maximum absolute atomic E-state index is 4.40. The van der Waals surface area contributed by atoms with Gasteiger partial charge in [-0.05, 0) is 43.9 Å². The highest BCUT2D eigenvalue weighted by Gasteiger charge is 1.98. The smallest absolute Gasteiger partial charge is 0.0395 e. The molecule has 0 aromatic carbocycles. The van der Waals surface area contributed by atoms with Gasteiger partial charge in [-0.1, -0.05) is 19.6 Å². The van der Waals surface area contributed by atoms with E-state index in [0.29, 0.717) is 0 Å². The summed E-state index contributed by atoms with van der Waals surface area (Å²) in [4.78, 5) is 8.44. The normalized spacial score (nSPS) is 14.7. The zero-order valence-corrected chi connectivity index (χ0v) is 11.0. The van der Waals surface area contributed by atoms with Crippen molar-refractivity contribution in [1.29, 1.82) is 0 Å². The first-order chi connectivity index (χ1) is 7.56. The van der Waals surface area contributed by atoms with Gasteiger partial charge in [0, 0.05) is 25.2 Å². The van der Waals surface area contributed by atoms with Gasteiger partial charge in [-0.15, -0.1) is 0 Å². The topological polar surface area (TPSA) is 24.7 Å². The highest BCUT2D eigenvalue weighted by molar-refractivity contribution is 5.97. The van der Waals surface area contributed by atoms with Crippen molar-refractivity contribution in [3.8, 4) is 0 Å². The molecule has 2 nitrogen and oxygen atoms in total. The minimum absolute atomic E-state index is 0.943. The average molecular weight is 218 g/mol. The van der Waals surface area contributed by atoms with Gasteiger partial charge < -0.3 is 0 Å². The molecule has 0 radical (unpaired) electrons. The van der Waals surface area contributed by atoms with Gasteiger partial charge in [-0.3, -0.25) is 9.98 Å². The molecule has 0 rings (SSSR count). The van der Waals surface area contributed by atoms with E-state index in [0.717, 1.165) is 23.3 Å². The standard InChI is InChI=1S/C14H22N2/c1-7-13(9-15-6)14(8-2)10-16-12(5)11(3)4/h7,9-10H,3,8H2,1-2,4-6H3/b13-7+,14-10+,15-9?,16-12?. The first kappa shape index (κ1) is 14.6. The summed E-state index contributed by atoms with van der Waals surface area (Å²) in [7, 11) is 1.78. The van der Waals surface area contributed by atoms with Gasteiger partial charge in [0.25, 0.3) is 0 Å². The van der Waals surface area contributed by atoms with Crippen LogP contribution in [-0.2, 0) is 0 Å². The van der Waals surface area contributed by atoms with Crippen LogP contribution in [-0.4, -0.2) is 19.0 Å². The molecular formula is C14H22N2. The molecule has 88 valence electrons. The van der Waals surface area contributed by atoms with E-state index in [9.17, 15) is 0 Å². The minimum Gasteiger partial charge on any atom is -0.296 e. The first-order valence-corrected chi connectivity index (χ1v) is 5.54. The zero-order valence-electron chi connectivity index (χ0n) is 11.0. The van der Waals surface area contributed by atoms with E-state index in [1.165, 1.54) is 5.57 Å². The highest BCUT2D eigenvalue weighted by atomic mass is 14.7. The minimum atomic E-state index is 0.943. The average Bonchev–Trinajstić information content (AvgIpc) is 2.27. The summed E-state index contributed by atoms with van der Waals surface area (Å²) in [6.45, 7) is 11.9. The fourth-order valence-corrected chi connectivity index (χ4v) is 1.14. The van der Waals surface area contributed by atoms with Gasteiger partial charge in [-0.25, -0.2) is 0 Å². The Morgan fingerprint density at radius 2 is 1.94 bits per heavy atom. The monoisotopic (exact) mass is 218 g/mol. The first-order valence-electron chi connectivity index (χ1n) is 5.54. The number of allylic oxidation sites excluding steroid dienone is 4. The largest absolute Gasteiger partial charge is 0.296 e. The molecule has 0 aliphatic carbocycles. The van der Waals surface area contributed by atoms with Crippen molar-refractivity contribution in [2.24, 2.45) is 9.98 Å². The summed E-state index contributed by atoms with van der Waals surface area (Å²) in [6.07, 6.45) is 6.76. The van der Waals surface area contributed by atoms with Gasteiger partial charge in [0.05, 0.1) is 0 Å². The summed E-state index contributed by atoms with van der Waals surface area (Å²) < 4.78 is 0. The number of rotatable bonds is 5. The summed E-state index contributed by atoms with van der Waals surface area (Å²) in [5.74, 6) is 0.